The molecule has 7 nitrogen and oxygen atoms in total. The van der Waals surface area contributed by atoms with Crippen LogP contribution in [0.4, 0.5) is 0 Å². The minimum atomic E-state index is -0.534. The number of benzene rings is 2. The molecule has 0 radical (unpaired) electrons. The van der Waals surface area contributed by atoms with Crippen molar-refractivity contribution in [1.29, 1.82) is 0 Å². The van der Waals surface area contributed by atoms with Crippen molar-refractivity contribution in [2.45, 2.75) is 6.04 Å². The predicted octanol–water partition coefficient (Wildman–Crippen LogP) is 3.44. The van der Waals surface area contributed by atoms with E-state index in [0.717, 1.165) is 23.1 Å². The number of carbonyl (C=O) groups is 1. The number of ether oxygens (including phenoxy) is 2. The standard InChI is InChI=1S/C24H23BrN2O5/c1-30-17-4-2-3-15(13-17)21-20-22(28)18-14-16(25)5-6-19(18)32-23(20)24(29)27(21)8-7-26-9-11-31-12-10-26/h2-6,13-14,21H,7-12H2,1H3. The molecule has 1 atom stereocenters. The molecule has 3 aromatic rings. The van der Waals surface area contributed by atoms with Crippen LogP contribution in [0, 0.1) is 0 Å². The van der Waals surface area contributed by atoms with Gasteiger partial charge in [0.25, 0.3) is 5.91 Å². The van der Waals surface area contributed by atoms with Crippen LogP contribution in [0.1, 0.15) is 27.7 Å². The third-order valence-corrected chi connectivity index (χ3v) is 6.59. The highest BCUT2D eigenvalue weighted by molar-refractivity contribution is 9.10. The van der Waals surface area contributed by atoms with Crippen LogP contribution >= 0.6 is 15.9 Å². The molecule has 8 heteroatoms. The number of halogens is 1. The maximum absolute atomic E-state index is 13.6. The van der Waals surface area contributed by atoms with Crippen LogP contribution in [0.2, 0.25) is 0 Å². The van der Waals surface area contributed by atoms with Crippen LogP contribution in [0.3, 0.4) is 0 Å². The SMILES string of the molecule is COc1cccc(C2c3c(oc4ccc(Br)cc4c3=O)C(=O)N2CCN2CCOCC2)c1. The lowest BCUT2D eigenvalue weighted by Gasteiger charge is -2.31. The highest BCUT2D eigenvalue weighted by Gasteiger charge is 2.42. The summed E-state index contributed by atoms with van der Waals surface area (Å²) in [5.74, 6) is 0.534. The number of carbonyl (C=O) groups excluding carboxylic acids is 1. The molecule has 1 unspecified atom stereocenters. The molecule has 2 aliphatic rings. The second-order valence-electron chi connectivity index (χ2n) is 7.95. The molecule has 0 bridgehead atoms. The molecule has 5 rings (SSSR count). The van der Waals surface area contributed by atoms with E-state index < -0.39 is 6.04 Å². The zero-order valence-electron chi connectivity index (χ0n) is 17.7. The normalized spacial score (nSPS) is 18.9. The van der Waals surface area contributed by atoms with E-state index in [2.05, 4.69) is 20.8 Å². The summed E-state index contributed by atoms with van der Waals surface area (Å²) in [4.78, 5) is 31.1. The van der Waals surface area contributed by atoms with E-state index in [4.69, 9.17) is 13.9 Å². The molecule has 0 saturated carbocycles. The fraction of sp³-hybridized carbons (Fsp3) is 0.333. The highest BCUT2D eigenvalue weighted by atomic mass is 79.9. The van der Waals surface area contributed by atoms with Crippen molar-refractivity contribution < 1.29 is 18.7 Å². The second kappa shape index (κ2) is 8.69. The Balaban J connectivity index is 1.62. The second-order valence-corrected chi connectivity index (χ2v) is 8.86. The van der Waals surface area contributed by atoms with Gasteiger partial charge >= 0.3 is 0 Å². The molecule has 1 fully saturated rings. The lowest BCUT2D eigenvalue weighted by Crippen LogP contribution is -2.42. The van der Waals surface area contributed by atoms with Gasteiger partial charge in [-0.1, -0.05) is 28.1 Å². The molecule has 0 N–H and O–H groups in total. The highest BCUT2D eigenvalue weighted by Crippen LogP contribution is 2.39. The van der Waals surface area contributed by atoms with Crippen molar-refractivity contribution in [1.82, 2.24) is 9.80 Å². The summed E-state index contributed by atoms with van der Waals surface area (Å²) in [6.07, 6.45) is 0. The third-order valence-electron chi connectivity index (χ3n) is 6.10. The minimum Gasteiger partial charge on any atom is -0.497 e. The average molecular weight is 499 g/mol. The number of nitrogens with zero attached hydrogens (tertiary/aromatic N) is 2. The molecule has 2 aromatic carbocycles. The Bertz CT molecular complexity index is 1230. The molecule has 32 heavy (non-hydrogen) atoms. The van der Waals surface area contributed by atoms with E-state index in [1.807, 2.05) is 24.3 Å². The number of hydrogen-bond donors (Lipinski definition) is 0. The fourth-order valence-electron chi connectivity index (χ4n) is 4.46. The molecule has 1 saturated heterocycles. The van der Waals surface area contributed by atoms with Crippen molar-refractivity contribution in [2.24, 2.45) is 0 Å². The molecule has 2 aliphatic heterocycles. The Kier molecular flexibility index (Phi) is 5.75. The molecule has 0 aliphatic carbocycles. The quantitative estimate of drug-likeness (QED) is 0.536. The third kappa shape index (κ3) is 3.72. The Morgan fingerprint density at radius 3 is 2.69 bits per heavy atom. The zero-order chi connectivity index (χ0) is 22.2. The number of methoxy groups -OCH3 is 1. The predicted molar refractivity (Wildman–Crippen MR) is 123 cm³/mol. The van der Waals surface area contributed by atoms with Crippen molar-refractivity contribution in [3.63, 3.8) is 0 Å². The summed E-state index contributed by atoms with van der Waals surface area (Å²) in [7, 11) is 1.60. The van der Waals surface area contributed by atoms with Crippen molar-refractivity contribution in [2.75, 3.05) is 46.5 Å². The van der Waals surface area contributed by atoms with Gasteiger partial charge in [0.05, 0.1) is 37.3 Å². The Labute approximate surface area is 193 Å². The van der Waals surface area contributed by atoms with Gasteiger partial charge in [0.2, 0.25) is 5.76 Å². The fourth-order valence-corrected chi connectivity index (χ4v) is 4.82. The first-order valence-electron chi connectivity index (χ1n) is 10.6. The van der Waals surface area contributed by atoms with Gasteiger partial charge in [0.1, 0.15) is 11.3 Å². The largest absolute Gasteiger partial charge is 0.497 e. The van der Waals surface area contributed by atoms with E-state index >= 15 is 0 Å². The van der Waals surface area contributed by atoms with Gasteiger partial charge in [0.15, 0.2) is 5.43 Å². The van der Waals surface area contributed by atoms with Crippen molar-refractivity contribution in [3.8, 4) is 5.75 Å². The van der Waals surface area contributed by atoms with Gasteiger partial charge in [-0.25, -0.2) is 0 Å². The summed E-state index contributed by atoms with van der Waals surface area (Å²) in [6, 6.07) is 12.2. The summed E-state index contributed by atoms with van der Waals surface area (Å²) in [5.41, 5.74) is 1.43. The lowest BCUT2D eigenvalue weighted by atomic mass is 9.98. The van der Waals surface area contributed by atoms with E-state index in [0.29, 0.717) is 48.6 Å². The molecule has 1 aromatic heterocycles. The van der Waals surface area contributed by atoms with Crippen molar-refractivity contribution >= 4 is 32.8 Å². The van der Waals surface area contributed by atoms with Gasteiger partial charge in [-0.05, 0) is 35.9 Å². The smallest absolute Gasteiger partial charge is 0.290 e. The van der Waals surface area contributed by atoms with Crippen LogP contribution < -0.4 is 10.2 Å². The molecule has 166 valence electrons. The zero-order valence-corrected chi connectivity index (χ0v) is 19.3. The van der Waals surface area contributed by atoms with Gasteiger partial charge in [0, 0.05) is 30.7 Å². The van der Waals surface area contributed by atoms with Crippen LogP contribution in [-0.2, 0) is 4.74 Å². The summed E-state index contributed by atoms with van der Waals surface area (Å²) in [6.45, 7) is 4.20. The van der Waals surface area contributed by atoms with Gasteiger partial charge in [-0.15, -0.1) is 0 Å². The monoisotopic (exact) mass is 498 g/mol. The van der Waals surface area contributed by atoms with Crippen LogP contribution in [0.25, 0.3) is 11.0 Å². The number of hydrogen-bond acceptors (Lipinski definition) is 6. The minimum absolute atomic E-state index is 0.125. The van der Waals surface area contributed by atoms with Crippen LogP contribution in [0.5, 0.6) is 5.75 Å². The first-order chi connectivity index (χ1) is 15.6. The first kappa shape index (κ1) is 21.2. The van der Waals surface area contributed by atoms with Gasteiger partial charge in [-0.3, -0.25) is 14.5 Å². The number of fused-ring (bicyclic) bond motifs is 2. The van der Waals surface area contributed by atoms with Gasteiger partial charge < -0.3 is 18.8 Å². The number of morpholine rings is 1. The summed E-state index contributed by atoms with van der Waals surface area (Å²) < 4.78 is 17.6. The van der Waals surface area contributed by atoms with Crippen molar-refractivity contribution in [3.05, 3.63) is 74.0 Å². The van der Waals surface area contributed by atoms with E-state index in [1.165, 1.54) is 0 Å². The van der Waals surface area contributed by atoms with E-state index in [9.17, 15) is 9.59 Å². The number of rotatable bonds is 5. The van der Waals surface area contributed by atoms with Crippen LogP contribution in [0.15, 0.2) is 56.1 Å². The Morgan fingerprint density at radius 1 is 1.09 bits per heavy atom. The summed E-state index contributed by atoms with van der Waals surface area (Å²) in [5, 5.41) is 0.453. The first-order valence-corrected chi connectivity index (χ1v) is 11.4. The van der Waals surface area contributed by atoms with Crippen LogP contribution in [-0.4, -0.2) is 62.2 Å². The number of amides is 1. The van der Waals surface area contributed by atoms with E-state index in [-0.39, 0.29) is 17.1 Å². The average Bonchev–Trinajstić information content (AvgIpc) is 3.10. The maximum Gasteiger partial charge on any atom is 0.290 e. The topological polar surface area (TPSA) is 72.2 Å². The lowest BCUT2D eigenvalue weighted by molar-refractivity contribution is 0.0314. The molecule has 0 spiro atoms. The Morgan fingerprint density at radius 2 is 1.91 bits per heavy atom. The summed E-state index contributed by atoms with van der Waals surface area (Å²) >= 11 is 3.43. The van der Waals surface area contributed by atoms with E-state index in [1.54, 1.807) is 30.2 Å². The Hall–Kier alpha value is -2.68. The molecular formula is C24H23BrN2O5. The molecular weight excluding hydrogens is 476 g/mol. The molecule has 3 heterocycles. The molecule has 1 amide bonds. The van der Waals surface area contributed by atoms with Gasteiger partial charge in [-0.2, -0.15) is 0 Å². The maximum atomic E-state index is 13.6.